The van der Waals surface area contributed by atoms with Crippen LogP contribution in [0.1, 0.15) is 32.8 Å². The Kier molecular flexibility index (Phi) is 6.70. The van der Waals surface area contributed by atoms with Crippen LogP contribution in [0.3, 0.4) is 0 Å². The summed E-state index contributed by atoms with van der Waals surface area (Å²) in [6.07, 6.45) is 1.19. The fourth-order valence-corrected chi connectivity index (χ4v) is 2.87. The molecule has 1 atom stereocenters. The number of nitrogens with one attached hydrogen (secondary N) is 1. The van der Waals surface area contributed by atoms with Crippen molar-refractivity contribution in [3.63, 3.8) is 0 Å². The van der Waals surface area contributed by atoms with E-state index in [-0.39, 0.29) is 0 Å². The van der Waals surface area contributed by atoms with Crippen LogP contribution in [0.5, 0.6) is 0 Å². The van der Waals surface area contributed by atoms with Gasteiger partial charge in [-0.1, -0.05) is 13.8 Å². The molecule has 98 valence electrons. The molecule has 0 aromatic carbocycles. The van der Waals surface area contributed by atoms with E-state index in [1.165, 1.54) is 15.8 Å². The molecule has 0 saturated carbocycles. The molecule has 0 aliphatic heterocycles. The summed E-state index contributed by atoms with van der Waals surface area (Å²) in [5.41, 5.74) is 1.40. The largest absolute Gasteiger partial charge is 0.314 e. The zero-order valence-corrected chi connectivity index (χ0v) is 13.6. The minimum Gasteiger partial charge on any atom is -0.314 e. The first-order valence-corrected chi connectivity index (χ1v) is 7.83. The minimum absolute atomic E-state index is 0.584. The van der Waals surface area contributed by atoms with Gasteiger partial charge < -0.3 is 5.32 Å². The van der Waals surface area contributed by atoms with Gasteiger partial charge in [0.1, 0.15) is 0 Å². The van der Waals surface area contributed by atoms with Crippen molar-refractivity contribution in [3.8, 4) is 0 Å². The Hall–Kier alpha value is 0.100. The third kappa shape index (κ3) is 6.00. The predicted molar refractivity (Wildman–Crippen MR) is 80.7 cm³/mol. The van der Waals surface area contributed by atoms with Crippen LogP contribution < -0.4 is 5.32 Å². The predicted octanol–water partition coefficient (Wildman–Crippen LogP) is 3.72. The van der Waals surface area contributed by atoms with Crippen LogP contribution in [-0.2, 0) is 6.54 Å². The molecule has 1 aromatic heterocycles. The molecule has 4 heteroatoms. The van der Waals surface area contributed by atoms with Gasteiger partial charge in [-0.05, 0) is 59.9 Å². The summed E-state index contributed by atoms with van der Waals surface area (Å²) in [6, 6.07) is 3.40. The normalized spacial score (nSPS) is 13.6. The Labute approximate surface area is 118 Å². The van der Waals surface area contributed by atoms with Crippen LogP contribution in [-0.4, -0.2) is 30.6 Å². The van der Waals surface area contributed by atoms with Crippen molar-refractivity contribution in [2.24, 2.45) is 0 Å². The van der Waals surface area contributed by atoms with Crippen molar-refractivity contribution in [1.29, 1.82) is 0 Å². The Morgan fingerprint density at radius 3 is 2.65 bits per heavy atom. The fourth-order valence-electron chi connectivity index (χ4n) is 1.67. The Balaban J connectivity index is 2.29. The van der Waals surface area contributed by atoms with Gasteiger partial charge in [-0.2, -0.15) is 0 Å². The van der Waals surface area contributed by atoms with Crippen molar-refractivity contribution >= 4 is 27.3 Å². The first-order valence-electron chi connectivity index (χ1n) is 6.15. The average Bonchev–Trinajstić information content (AvgIpc) is 2.63. The molecule has 0 saturated heterocycles. The number of rotatable bonds is 7. The van der Waals surface area contributed by atoms with Gasteiger partial charge in [0.25, 0.3) is 0 Å². The van der Waals surface area contributed by atoms with Crippen LogP contribution in [0.25, 0.3) is 0 Å². The average molecular weight is 319 g/mol. The minimum atomic E-state index is 0.584. The van der Waals surface area contributed by atoms with Crippen molar-refractivity contribution in [3.05, 3.63) is 20.8 Å². The van der Waals surface area contributed by atoms with Crippen molar-refractivity contribution in [2.75, 3.05) is 13.6 Å². The van der Waals surface area contributed by atoms with Crippen molar-refractivity contribution in [2.45, 2.75) is 45.8 Å². The summed E-state index contributed by atoms with van der Waals surface area (Å²) in [5, 5.41) is 5.69. The van der Waals surface area contributed by atoms with E-state index in [1.807, 2.05) is 0 Å². The molecule has 0 fully saturated rings. The van der Waals surface area contributed by atoms with Crippen LogP contribution in [0.2, 0.25) is 0 Å². The van der Waals surface area contributed by atoms with Gasteiger partial charge in [-0.25, -0.2) is 0 Å². The van der Waals surface area contributed by atoms with Crippen LogP contribution in [0, 0.1) is 0 Å². The lowest BCUT2D eigenvalue weighted by molar-refractivity contribution is 0.235. The molecule has 0 spiro atoms. The maximum absolute atomic E-state index is 3.51. The third-order valence-corrected chi connectivity index (χ3v) is 4.47. The summed E-state index contributed by atoms with van der Waals surface area (Å²) >= 11 is 5.26. The molecule has 2 nitrogen and oxygen atoms in total. The topological polar surface area (TPSA) is 15.3 Å². The van der Waals surface area contributed by atoms with E-state index < -0.39 is 0 Å². The van der Waals surface area contributed by atoms with E-state index >= 15 is 0 Å². The highest BCUT2D eigenvalue weighted by atomic mass is 79.9. The second-order valence-electron chi connectivity index (χ2n) is 4.92. The molecule has 1 unspecified atom stereocenters. The van der Waals surface area contributed by atoms with Crippen LogP contribution in [0.4, 0.5) is 0 Å². The molecule has 0 aliphatic rings. The lowest BCUT2D eigenvalue weighted by Crippen LogP contribution is -2.33. The van der Waals surface area contributed by atoms with Gasteiger partial charge in [0.05, 0.1) is 3.79 Å². The van der Waals surface area contributed by atoms with Gasteiger partial charge in [0.15, 0.2) is 0 Å². The molecule has 0 radical (unpaired) electrons. The first kappa shape index (κ1) is 15.2. The second kappa shape index (κ2) is 7.52. The molecule has 17 heavy (non-hydrogen) atoms. The van der Waals surface area contributed by atoms with E-state index in [9.17, 15) is 0 Å². The van der Waals surface area contributed by atoms with E-state index in [0.717, 1.165) is 13.1 Å². The van der Waals surface area contributed by atoms with Gasteiger partial charge in [-0.3, -0.25) is 4.90 Å². The monoisotopic (exact) mass is 318 g/mol. The van der Waals surface area contributed by atoms with Gasteiger partial charge in [0.2, 0.25) is 0 Å². The number of halogens is 1. The van der Waals surface area contributed by atoms with Crippen molar-refractivity contribution in [1.82, 2.24) is 10.2 Å². The van der Waals surface area contributed by atoms with E-state index in [1.54, 1.807) is 11.3 Å². The first-order chi connectivity index (χ1) is 7.99. The van der Waals surface area contributed by atoms with Crippen molar-refractivity contribution < 1.29 is 0 Å². The Morgan fingerprint density at radius 2 is 2.12 bits per heavy atom. The zero-order valence-electron chi connectivity index (χ0n) is 11.2. The quantitative estimate of drug-likeness (QED) is 0.824. The molecule has 0 aliphatic carbocycles. The number of nitrogens with zero attached hydrogens (tertiary/aromatic N) is 1. The number of hydrogen-bond donors (Lipinski definition) is 1. The number of hydrogen-bond acceptors (Lipinski definition) is 3. The molecule has 1 aromatic rings. The zero-order chi connectivity index (χ0) is 12.8. The highest BCUT2D eigenvalue weighted by Gasteiger charge is 2.10. The smallest absolute Gasteiger partial charge is 0.0701 e. The fraction of sp³-hybridized carbons (Fsp3) is 0.692. The van der Waals surface area contributed by atoms with Gasteiger partial charge >= 0.3 is 0 Å². The molecular formula is C13H23BrN2S. The number of thiophene rings is 1. The summed E-state index contributed by atoms with van der Waals surface area (Å²) in [6.45, 7) is 8.80. The van der Waals surface area contributed by atoms with E-state index in [4.69, 9.17) is 0 Å². The van der Waals surface area contributed by atoms with Crippen LogP contribution in [0.15, 0.2) is 15.2 Å². The maximum atomic E-state index is 3.51. The summed E-state index contributed by atoms with van der Waals surface area (Å²) in [4.78, 5) is 2.41. The molecule has 1 heterocycles. The lowest BCUT2D eigenvalue weighted by atomic mass is 10.2. The third-order valence-electron chi connectivity index (χ3n) is 2.92. The summed E-state index contributed by atoms with van der Waals surface area (Å²) in [7, 11) is 2.20. The molecule has 0 amide bonds. The molecule has 0 bridgehead atoms. The molecule has 1 rings (SSSR count). The highest BCUT2D eigenvalue weighted by Crippen LogP contribution is 2.22. The van der Waals surface area contributed by atoms with Crippen LogP contribution >= 0.6 is 27.3 Å². The van der Waals surface area contributed by atoms with Gasteiger partial charge in [-0.15, -0.1) is 11.3 Å². The Bertz CT molecular complexity index is 325. The second-order valence-corrected chi connectivity index (χ2v) is 7.21. The maximum Gasteiger partial charge on any atom is 0.0701 e. The standard InChI is InChI=1S/C13H23BrN2S/c1-10(2)15-6-5-11(3)16(4)8-12-7-13(14)17-9-12/h7,9-11,15H,5-6,8H2,1-4H3. The van der Waals surface area contributed by atoms with Gasteiger partial charge in [0, 0.05) is 18.6 Å². The summed E-state index contributed by atoms with van der Waals surface area (Å²) in [5.74, 6) is 0. The summed E-state index contributed by atoms with van der Waals surface area (Å²) < 4.78 is 1.22. The Morgan fingerprint density at radius 1 is 1.41 bits per heavy atom. The SMILES string of the molecule is CC(C)NCCC(C)N(C)Cc1csc(Br)c1. The lowest BCUT2D eigenvalue weighted by Gasteiger charge is -2.24. The van der Waals surface area contributed by atoms with E-state index in [0.29, 0.717) is 12.1 Å². The molecule has 1 N–H and O–H groups in total. The van der Waals surface area contributed by atoms with E-state index in [2.05, 4.69) is 65.4 Å². The molecular weight excluding hydrogens is 296 g/mol. The highest BCUT2D eigenvalue weighted by molar-refractivity contribution is 9.11.